The number of nitro benzene ring substituents is 1. The van der Waals surface area contributed by atoms with Gasteiger partial charge in [-0.25, -0.2) is 0 Å². The van der Waals surface area contributed by atoms with Gasteiger partial charge in [0.05, 0.1) is 11.5 Å². The second-order valence-electron chi connectivity index (χ2n) is 5.84. The van der Waals surface area contributed by atoms with Gasteiger partial charge in [-0.15, -0.1) is 0 Å². The highest BCUT2D eigenvalue weighted by molar-refractivity contribution is 9.11. The Balaban J connectivity index is 1.70. The first-order valence-corrected chi connectivity index (χ1v) is 9.22. The predicted molar refractivity (Wildman–Crippen MR) is 106 cm³/mol. The number of hydrogen-bond donors (Lipinski definition) is 0. The molecule has 2 aromatic carbocycles. The summed E-state index contributed by atoms with van der Waals surface area (Å²) >= 11 is 3.39. The molecule has 0 N–H and O–H groups in total. The Labute approximate surface area is 161 Å². The summed E-state index contributed by atoms with van der Waals surface area (Å²) in [6, 6.07) is 16.1. The Morgan fingerprint density at radius 2 is 1.81 bits per heavy atom. The molecular formula is C20H22BrNO4. The zero-order valence-electron chi connectivity index (χ0n) is 14.5. The van der Waals surface area contributed by atoms with Gasteiger partial charge in [0.1, 0.15) is 11.9 Å². The maximum atomic E-state index is 10.7. The van der Waals surface area contributed by atoms with Crippen molar-refractivity contribution >= 4 is 21.6 Å². The lowest BCUT2D eigenvalue weighted by atomic mass is 10.1. The minimum atomic E-state index is -0.430. The largest absolute Gasteiger partial charge is 0.485 e. The number of non-ortho nitro benzene ring substituents is 1. The Bertz CT molecular complexity index is 704. The van der Waals surface area contributed by atoms with Crippen molar-refractivity contribution in [1.29, 1.82) is 0 Å². The minimum Gasteiger partial charge on any atom is -0.485 e. The lowest BCUT2D eigenvalue weighted by Gasteiger charge is -2.18. The summed E-state index contributed by atoms with van der Waals surface area (Å²) in [7, 11) is 0. The van der Waals surface area contributed by atoms with Crippen LogP contribution in [0.2, 0.25) is 0 Å². The monoisotopic (exact) mass is 419 g/mol. The fourth-order valence-electron chi connectivity index (χ4n) is 2.39. The van der Waals surface area contributed by atoms with Gasteiger partial charge in [-0.2, -0.15) is 0 Å². The van der Waals surface area contributed by atoms with Gasteiger partial charge in [0.15, 0.2) is 0 Å². The average molecular weight is 420 g/mol. The summed E-state index contributed by atoms with van der Waals surface area (Å²) in [6.07, 6.45) is 2.45. The van der Waals surface area contributed by atoms with Gasteiger partial charge >= 0.3 is 0 Å². The number of halogens is 1. The van der Waals surface area contributed by atoms with Crippen LogP contribution < -0.4 is 4.74 Å². The molecule has 0 aliphatic heterocycles. The van der Waals surface area contributed by atoms with Crippen molar-refractivity contribution in [2.45, 2.75) is 32.0 Å². The summed E-state index contributed by atoms with van der Waals surface area (Å²) < 4.78 is 12.3. The summed E-state index contributed by atoms with van der Waals surface area (Å²) in [5.74, 6) is 0.585. The van der Waals surface area contributed by atoms with Crippen molar-refractivity contribution in [2.24, 2.45) is 0 Å². The number of nitrogens with zero attached hydrogens (tertiary/aromatic N) is 1. The van der Waals surface area contributed by atoms with Crippen molar-refractivity contribution in [1.82, 2.24) is 0 Å². The van der Waals surface area contributed by atoms with E-state index in [-0.39, 0.29) is 11.8 Å². The van der Waals surface area contributed by atoms with Crippen molar-refractivity contribution in [3.63, 3.8) is 0 Å². The van der Waals surface area contributed by atoms with Crippen LogP contribution in [0.3, 0.4) is 0 Å². The molecule has 1 atom stereocenters. The molecule has 0 aliphatic rings. The highest BCUT2D eigenvalue weighted by atomic mass is 79.9. The molecular weight excluding hydrogens is 398 g/mol. The van der Waals surface area contributed by atoms with Gasteiger partial charge in [-0.1, -0.05) is 52.8 Å². The maximum Gasteiger partial charge on any atom is 0.269 e. The van der Waals surface area contributed by atoms with Crippen molar-refractivity contribution in [3.05, 3.63) is 81.3 Å². The average Bonchev–Trinajstić information content (AvgIpc) is 2.64. The zero-order chi connectivity index (χ0) is 18.8. The van der Waals surface area contributed by atoms with Crippen LogP contribution in [0.4, 0.5) is 5.69 Å². The van der Waals surface area contributed by atoms with E-state index in [2.05, 4.69) is 22.5 Å². The highest BCUT2D eigenvalue weighted by Gasteiger charge is 2.13. The molecule has 0 aromatic heterocycles. The van der Waals surface area contributed by atoms with Crippen LogP contribution in [-0.4, -0.2) is 17.6 Å². The Hall–Kier alpha value is -2.18. The molecule has 2 rings (SSSR count). The lowest BCUT2D eigenvalue weighted by Crippen LogP contribution is -2.16. The van der Waals surface area contributed by atoms with E-state index in [1.807, 2.05) is 30.3 Å². The van der Waals surface area contributed by atoms with Crippen LogP contribution in [0.15, 0.2) is 65.7 Å². The molecule has 0 fully saturated rings. The second-order valence-corrected chi connectivity index (χ2v) is 6.86. The third-order valence-corrected chi connectivity index (χ3v) is 4.30. The van der Waals surface area contributed by atoms with Gasteiger partial charge in [0.25, 0.3) is 5.69 Å². The molecule has 0 heterocycles. The van der Waals surface area contributed by atoms with Crippen molar-refractivity contribution in [3.8, 4) is 5.75 Å². The third kappa shape index (κ3) is 6.98. The molecule has 0 saturated heterocycles. The van der Waals surface area contributed by atoms with E-state index in [1.165, 1.54) is 17.7 Å². The van der Waals surface area contributed by atoms with Crippen molar-refractivity contribution < 1.29 is 14.4 Å². The summed E-state index contributed by atoms with van der Waals surface area (Å²) in [4.78, 5) is 10.3. The van der Waals surface area contributed by atoms with E-state index < -0.39 is 4.92 Å². The number of ether oxygens (including phenoxy) is 2. The minimum absolute atomic E-state index is 0.0436. The van der Waals surface area contributed by atoms with Crippen LogP contribution >= 0.6 is 15.9 Å². The molecule has 0 bridgehead atoms. The van der Waals surface area contributed by atoms with Crippen LogP contribution in [0, 0.1) is 10.1 Å². The standard InChI is InChI=1S/C20H22BrNO4/c1-16(21)20(26-19-12-10-18(11-13-19)22(23)24)9-5-6-14-25-15-17-7-3-2-4-8-17/h2-4,7-8,10-13,20H,1,5-6,9,14-15H2. The summed E-state index contributed by atoms with van der Waals surface area (Å²) in [5.41, 5.74) is 1.21. The molecule has 0 radical (unpaired) electrons. The first-order valence-electron chi connectivity index (χ1n) is 8.43. The highest BCUT2D eigenvalue weighted by Crippen LogP contribution is 2.24. The number of benzene rings is 2. The van der Waals surface area contributed by atoms with Crippen LogP contribution in [0.1, 0.15) is 24.8 Å². The molecule has 138 valence electrons. The Morgan fingerprint density at radius 1 is 1.12 bits per heavy atom. The Kier molecular flexibility index (Phi) is 8.31. The first kappa shape index (κ1) is 20.1. The van der Waals surface area contributed by atoms with E-state index in [1.54, 1.807) is 12.1 Å². The molecule has 0 spiro atoms. The second kappa shape index (κ2) is 10.7. The Morgan fingerprint density at radius 3 is 2.42 bits per heavy atom. The molecule has 5 nitrogen and oxygen atoms in total. The van der Waals surface area contributed by atoms with E-state index in [0.29, 0.717) is 19.0 Å². The quantitative estimate of drug-likeness (QED) is 0.268. The van der Waals surface area contributed by atoms with E-state index in [9.17, 15) is 10.1 Å². The van der Waals surface area contributed by atoms with E-state index >= 15 is 0 Å². The summed E-state index contributed by atoms with van der Waals surface area (Å²) in [5, 5.41) is 10.7. The fourth-order valence-corrected chi connectivity index (χ4v) is 2.71. The smallest absolute Gasteiger partial charge is 0.269 e. The molecule has 0 aliphatic carbocycles. The van der Waals surface area contributed by atoms with E-state index in [4.69, 9.17) is 9.47 Å². The number of rotatable bonds is 11. The molecule has 2 aromatic rings. The van der Waals surface area contributed by atoms with E-state index in [0.717, 1.165) is 23.7 Å². The van der Waals surface area contributed by atoms with Crippen LogP contribution in [0.5, 0.6) is 5.75 Å². The van der Waals surface area contributed by atoms with Gasteiger partial charge in [0.2, 0.25) is 0 Å². The maximum absolute atomic E-state index is 10.7. The number of unbranched alkanes of at least 4 members (excludes halogenated alkanes) is 1. The van der Waals surface area contributed by atoms with Gasteiger partial charge in [0, 0.05) is 23.2 Å². The third-order valence-electron chi connectivity index (χ3n) is 3.79. The number of nitro groups is 1. The SMILES string of the molecule is C=C(Br)C(CCCCOCc1ccccc1)Oc1ccc([N+](=O)[O-])cc1. The topological polar surface area (TPSA) is 61.6 Å². The summed E-state index contributed by atoms with van der Waals surface area (Å²) in [6.45, 7) is 5.21. The zero-order valence-corrected chi connectivity index (χ0v) is 16.1. The lowest BCUT2D eigenvalue weighted by molar-refractivity contribution is -0.384. The number of hydrogen-bond acceptors (Lipinski definition) is 4. The van der Waals surface area contributed by atoms with Crippen LogP contribution in [-0.2, 0) is 11.3 Å². The van der Waals surface area contributed by atoms with Gasteiger partial charge in [-0.3, -0.25) is 10.1 Å². The molecule has 0 saturated carbocycles. The molecule has 1 unspecified atom stereocenters. The fraction of sp³-hybridized carbons (Fsp3) is 0.300. The van der Waals surface area contributed by atoms with Gasteiger partial charge < -0.3 is 9.47 Å². The first-order chi connectivity index (χ1) is 12.6. The molecule has 6 heteroatoms. The molecule has 0 amide bonds. The van der Waals surface area contributed by atoms with Crippen molar-refractivity contribution in [2.75, 3.05) is 6.61 Å². The van der Waals surface area contributed by atoms with Gasteiger partial charge in [-0.05, 0) is 37.0 Å². The van der Waals surface area contributed by atoms with Crippen LogP contribution in [0.25, 0.3) is 0 Å². The molecule has 26 heavy (non-hydrogen) atoms. The predicted octanol–water partition coefficient (Wildman–Crippen LogP) is 5.64. The normalized spacial score (nSPS) is 11.7.